The van der Waals surface area contributed by atoms with Crippen LogP contribution in [0.1, 0.15) is 6.92 Å². The van der Waals surface area contributed by atoms with Crippen molar-refractivity contribution in [2.45, 2.75) is 17.2 Å². The first-order chi connectivity index (χ1) is 5.70. The van der Waals surface area contributed by atoms with Crippen LogP contribution in [0.25, 0.3) is 0 Å². The van der Waals surface area contributed by atoms with Crippen LogP contribution in [0.15, 0.2) is 29.4 Å². The number of rotatable bonds is 3. The highest BCUT2D eigenvalue weighted by Crippen LogP contribution is 2.19. The third-order valence-corrected chi connectivity index (χ3v) is 2.32. The highest BCUT2D eigenvalue weighted by molar-refractivity contribution is 8.00. The summed E-state index contributed by atoms with van der Waals surface area (Å²) in [7, 11) is 0. The number of carboxylic acids is 1. The number of aliphatic carboxylic acids is 1. The molecule has 1 aromatic rings. The molecule has 0 aliphatic heterocycles. The van der Waals surface area contributed by atoms with Crippen molar-refractivity contribution in [3.63, 3.8) is 0 Å². The number of nitrogens with zero attached hydrogens (tertiary/aromatic N) is 1. The van der Waals surface area contributed by atoms with Crippen LogP contribution in [0.3, 0.4) is 0 Å². The van der Waals surface area contributed by atoms with Gasteiger partial charge in [0.1, 0.15) is 5.25 Å². The Bertz CT molecular complexity index is 263. The fourth-order valence-corrected chi connectivity index (χ4v) is 1.39. The van der Waals surface area contributed by atoms with Crippen LogP contribution in [-0.2, 0) is 4.79 Å². The summed E-state index contributed by atoms with van der Waals surface area (Å²) in [6, 6.07) is 5.43. The fourth-order valence-electron chi connectivity index (χ4n) is 0.648. The fraction of sp³-hybridized carbons (Fsp3) is 0.250. The maximum absolute atomic E-state index is 10.5. The molecule has 0 aromatic carbocycles. The van der Waals surface area contributed by atoms with Gasteiger partial charge >= 0.3 is 5.97 Å². The zero-order valence-corrected chi connectivity index (χ0v) is 7.41. The lowest BCUT2D eigenvalue weighted by Crippen LogP contribution is -2.11. The molecule has 0 saturated heterocycles. The smallest absolute Gasteiger partial charge is 0.316 e. The number of hydrogen-bond acceptors (Lipinski definition) is 3. The Balaban J connectivity index is 2.58. The molecule has 4 heteroatoms. The lowest BCUT2D eigenvalue weighted by atomic mass is 10.5. The molecule has 1 atom stereocenters. The van der Waals surface area contributed by atoms with Gasteiger partial charge in [0.05, 0.1) is 5.03 Å². The molecule has 0 radical (unpaired) electrons. The van der Waals surface area contributed by atoms with Crippen LogP contribution in [-0.4, -0.2) is 21.3 Å². The third kappa shape index (κ3) is 2.54. The SMILES string of the molecule is C[C@@H](Sc1ccccn1)C(=O)O. The topological polar surface area (TPSA) is 50.2 Å². The normalized spacial score (nSPS) is 12.4. The van der Waals surface area contributed by atoms with Crippen LogP contribution in [0.2, 0.25) is 0 Å². The van der Waals surface area contributed by atoms with E-state index in [1.165, 1.54) is 11.8 Å². The second kappa shape index (κ2) is 4.11. The first kappa shape index (κ1) is 9.06. The molecule has 3 nitrogen and oxygen atoms in total. The molecule has 12 heavy (non-hydrogen) atoms. The van der Waals surface area contributed by atoms with Gasteiger partial charge in [-0.15, -0.1) is 0 Å². The summed E-state index contributed by atoms with van der Waals surface area (Å²) in [5, 5.41) is 8.89. The molecule has 0 spiro atoms. The van der Waals surface area contributed by atoms with Crippen molar-refractivity contribution in [3.8, 4) is 0 Å². The Morgan fingerprint density at radius 1 is 1.67 bits per heavy atom. The summed E-state index contributed by atoms with van der Waals surface area (Å²) in [5.74, 6) is -0.814. The number of thioether (sulfide) groups is 1. The van der Waals surface area contributed by atoms with Crippen LogP contribution < -0.4 is 0 Å². The average Bonchev–Trinajstić information content (AvgIpc) is 2.06. The van der Waals surface area contributed by atoms with Crippen molar-refractivity contribution >= 4 is 17.7 Å². The summed E-state index contributed by atoms with van der Waals surface area (Å²) in [4.78, 5) is 14.5. The molecule has 0 amide bonds. The largest absolute Gasteiger partial charge is 0.480 e. The van der Waals surface area contributed by atoms with E-state index in [1.54, 1.807) is 25.3 Å². The Hall–Kier alpha value is -1.03. The van der Waals surface area contributed by atoms with E-state index in [2.05, 4.69) is 4.98 Å². The zero-order chi connectivity index (χ0) is 8.97. The van der Waals surface area contributed by atoms with Gasteiger partial charge in [0.25, 0.3) is 0 Å². The van der Waals surface area contributed by atoms with E-state index in [-0.39, 0.29) is 0 Å². The van der Waals surface area contributed by atoms with Crippen LogP contribution >= 0.6 is 11.8 Å². The second-order valence-electron chi connectivity index (χ2n) is 2.27. The minimum atomic E-state index is -0.814. The Kier molecular flexibility index (Phi) is 3.10. The van der Waals surface area contributed by atoms with Gasteiger partial charge in [0.15, 0.2) is 0 Å². The summed E-state index contributed by atoms with van der Waals surface area (Å²) < 4.78 is 0. The minimum Gasteiger partial charge on any atom is -0.480 e. The molecule has 0 bridgehead atoms. The van der Waals surface area contributed by atoms with Crippen molar-refractivity contribution in [2.24, 2.45) is 0 Å². The van der Waals surface area contributed by atoms with Gasteiger partial charge in [-0.2, -0.15) is 0 Å². The molecule has 1 rings (SSSR count). The highest BCUT2D eigenvalue weighted by Gasteiger charge is 2.12. The molecule has 0 aliphatic carbocycles. The minimum absolute atomic E-state index is 0.445. The summed E-state index contributed by atoms with van der Waals surface area (Å²) in [5.41, 5.74) is 0. The number of hydrogen-bond donors (Lipinski definition) is 1. The van der Waals surface area contributed by atoms with Gasteiger partial charge in [-0.05, 0) is 19.1 Å². The number of aromatic nitrogens is 1. The Morgan fingerprint density at radius 3 is 2.92 bits per heavy atom. The predicted octanol–water partition coefficient (Wildman–Crippen LogP) is 1.65. The Morgan fingerprint density at radius 2 is 2.42 bits per heavy atom. The van der Waals surface area contributed by atoms with Crippen molar-refractivity contribution in [2.75, 3.05) is 0 Å². The zero-order valence-electron chi connectivity index (χ0n) is 6.60. The van der Waals surface area contributed by atoms with Crippen molar-refractivity contribution in [1.82, 2.24) is 4.98 Å². The standard InChI is InChI=1S/C8H9NO2S/c1-6(8(10)11)12-7-4-2-3-5-9-7/h2-6H,1H3,(H,10,11)/t6-/m1/s1. The van der Waals surface area contributed by atoms with Gasteiger partial charge in [0.2, 0.25) is 0 Å². The molecule has 64 valence electrons. The molecule has 0 aliphatic rings. The monoisotopic (exact) mass is 183 g/mol. The van der Waals surface area contributed by atoms with Crippen molar-refractivity contribution in [1.29, 1.82) is 0 Å². The van der Waals surface area contributed by atoms with Gasteiger partial charge in [-0.3, -0.25) is 4.79 Å². The van der Waals surface area contributed by atoms with E-state index < -0.39 is 11.2 Å². The first-order valence-electron chi connectivity index (χ1n) is 3.50. The summed E-state index contributed by atoms with van der Waals surface area (Å²) in [6.07, 6.45) is 1.65. The van der Waals surface area contributed by atoms with Gasteiger partial charge in [0, 0.05) is 6.20 Å². The first-order valence-corrected chi connectivity index (χ1v) is 4.38. The molecular formula is C8H9NO2S. The lowest BCUT2D eigenvalue weighted by Gasteiger charge is -2.03. The van der Waals surface area contributed by atoms with E-state index in [9.17, 15) is 4.79 Å². The summed E-state index contributed by atoms with van der Waals surface area (Å²) >= 11 is 1.24. The maximum Gasteiger partial charge on any atom is 0.316 e. The highest BCUT2D eigenvalue weighted by atomic mass is 32.2. The third-order valence-electron chi connectivity index (χ3n) is 1.28. The van der Waals surface area contributed by atoms with Crippen molar-refractivity contribution < 1.29 is 9.90 Å². The van der Waals surface area contributed by atoms with Crippen LogP contribution in [0.4, 0.5) is 0 Å². The summed E-state index contributed by atoms with van der Waals surface area (Å²) in [6.45, 7) is 1.64. The van der Waals surface area contributed by atoms with E-state index in [4.69, 9.17) is 5.11 Å². The van der Waals surface area contributed by atoms with Gasteiger partial charge in [-0.1, -0.05) is 17.8 Å². The number of carboxylic acid groups (broad SMARTS) is 1. The van der Waals surface area contributed by atoms with Crippen molar-refractivity contribution in [3.05, 3.63) is 24.4 Å². The average molecular weight is 183 g/mol. The molecule has 1 aromatic heterocycles. The maximum atomic E-state index is 10.5. The number of pyridine rings is 1. The van der Waals surface area contributed by atoms with E-state index in [0.717, 1.165) is 5.03 Å². The Labute approximate surface area is 74.8 Å². The van der Waals surface area contributed by atoms with E-state index in [1.807, 2.05) is 6.07 Å². The van der Waals surface area contributed by atoms with Gasteiger partial charge in [-0.25, -0.2) is 4.98 Å². The second-order valence-corrected chi connectivity index (χ2v) is 3.63. The lowest BCUT2D eigenvalue weighted by molar-refractivity contribution is -0.136. The molecule has 0 saturated carbocycles. The predicted molar refractivity (Wildman–Crippen MR) is 47.2 cm³/mol. The van der Waals surface area contributed by atoms with E-state index in [0.29, 0.717) is 0 Å². The molecular weight excluding hydrogens is 174 g/mol. The molecule has 0 fully saturated rings. The number of carbonyl (C=O) groups is 1. The molecule has 1 N–H and O–H groups in total. The molecule has 1 heterocycles. The van der Waals surface area contributed by atoms with Crippen LogP contribution in [0, 0.1) is 0 Å². The van der Waals surface area contributed by atoms with E-state index >= 15 is 0 Å². The van der Waals surface area contributed by atoms with Gasteiger partial charge < -0.3 is 5.11 Å². The molecule has 0 unspecified atom stereocenters. The van der Waals surface area contributed by atoms with Crippen LogP contribution in [0.5, 0.6) is 0 Å². The quantitative estimate of drug-likeness (QED) is 0.724.